The van der Waals surface area contributed by atoms with Gasteiger partial charge in [-0.1, -0.05) is 0 Å². The van der Waals surface area contributed by atoms with Gasteiger partial charge in [-0.25, -0.2) is 9.37 Å². The van der Waals surface area contributed by atoms with Crippen molar-refractivity contribution < 1.29 is 19.0 Å². The molecular weight excluding hydrogens is 189 g/mol. The summed E-state index contributed by atoms with van der Waals surface area (Å²) in [5.74, 6) is -1.56. The first-order chi connectivity index (χ1) is 6.63. The van der Waals surface area contributed by atoms with Crippen LogP contribution >= 0.6 is 0 Å². The SMILES string of the molecule is COc1nc(CCC(=O)O)ccc1F. The van der Waals surface area contributed by atoms with Crippen LogP contribution in [0, 0.1) is 5.82 Å². The van der Waals surface area contributed by atoms with E-state index in [1.54, 1.807) is 0 Å². The lowest BCUT2D eigenvalue weighted by Gasteiger charge is -2.02. The van der Waals surface area contributed by atoms with Crippen molar-refractivity contribution in [3.63, 3.8) is 0 Å². The number of nitrogens with zero attached hydrogens (tertiary/aromatic N) is 1. The number of ether oxygens (including phenoxy) is 1. The molecule has 1 rings (SSSR count). The Morgan fingerprint density at radius 3 is 2.93 bits per heavy atom. The van der Waals surface area contributed by atoms with Gasteiger partial charge in [-0.2, -0.15) is 0 Å². The number of carboxylic acid groups (broad SMARTS) is 1. The average Bonchev–Trinajstić information content (AvgIpc) is 2.16. The Balaban J connectivity index is 2.74. The number of methoxy groups -OCH3 is 1. The van der Waals surface area contributed by atoms with Gasteiger partial charge in [0.2, 0.25) is 5.88 Å². The van der Waals surface area contributed by atoms with Gasteiger partial charge in [-0.15, -0.1) is 0 Å². The maximum Gasteiger partial charge on any atom is 0.303 e. The van der Waals surface area contributed by atoms with Crippen molar-refractivity contribution in [3.05, 3.63) is 23.6 Å². The molecule has 4 nitrogen and oxygen atoms in total. The molecule has 0 saturated carbocycles. The summed E-state index contributed by atoms with van der Waals surface area (Å²) in [6.07, 6.45) is 0.244. The number of hydrogen-bond acceptors (Lipinski definition) is 3. The Kier molecular flexibility index (Phi) is 3.39. The molecule has 0 bridgehead atoms. The van der Waals surface area contributed by atoms with Crippen molar-refractivity contribution in [1.29, 1.82) is 0 Å². The molecule has 0 fully saturated rings. The van der Waals surface area contributed by atoms with Gasteiger partial charge in [0.05, 0.1) is 13.5 Å². The average molecular weight is 199 g/mol. The third kappa shape index (κ3) is 2.69. The molecule has 0 atom stereocenters. The summed E-state index contributed by atoms with van der Waals surface area (Å²) < 4.78 is 17.5. The molecule has 76 valence electrons. The molecule has 0 aliphatic rings. The van der Waals surface area contributed by atoms with Crippen LogP contribution in [0.15, 0.2) is 12.1 Å². The van der Waals surface area contributed by atoms with Crippen LogP contribution in [0.2, 0.25) is 0 Å². The van der Waals surface area contributed by atoms with Crippen LogP contribution in [-0.2, 0) is 11.2 Å². The van der Waals surface area contributed by atoms with Crippen LogP contribution in [0.25, 0.3) is 0 Å². The largest absolute Gasteiger partial charge is 0.481 e. The minimum atomic E-state index is -0.907. The lowest BCUT2D eigenvalue weighted by Crippen LogP contribution is -2.01. The van der Waals surface area contributed by atoms with E-state index in [1.165, 1.54) is 19.2 Å². The van der Waals surface area contributed by atoms with Crippen LogP contribution in [0.3, 0.4) is 0 Å². The molecule has 0 spiro atoms. The molecule has 0 unspecified atom stereocenters. The van der Waals surface area contributed by atoms with Crippen molar-refractivity contribution in [1.82, 2.24) is 4.98 Å². The maximum absolute atomic E-state index is 12.9. The quantitative estimate of drug-likeness (QED) is 0.792. The van der Waals surface area contributed by atoms with E-state index < -0.39 is 11.8 Å². The zero-order chi connectivity index (χ0) is 10.6. The Morgan fingerprint density at radius 1 is 1.64 bits per heavy atom. The topological polar surface area (TPSA) is 59.4 Å². The molecule has 0 radical (unpaired) electrons. The van der Waals surface area contributed by atoms with Gasteiger partial charge in [0, 0.05) is 12.1 Å². The fraction of sp³-hybridized carbons (Fsp3) is 0.333. The van der Waals surface area contributed by atoms with Crippen LogP contribution < -0.4 is 4.74 Å². The van der Waals surface area contributed by atoms with Gasteiger partial charge in [-0.05, 0) is 12.1 Å². The molecule has 1 N–H and O–H groups in total. The zero-order valence-electron chi connectivity index (χ0n) is 7.66. The van der Waals surface area contributed by atoms with Crippen LogP contribution in [0.1, 0.15) is 12.1 Å². The van der Waals surface area contributed by atoms with E-state index in [-0.39, 0.29) is 18.7 Å². The predicted molar refractivity (Wildman–Crippen MR) is 46.7 cm³/mol. The van der Waals surface area contributed by atoms with E-state index >= 15 is 0 Å². The summed E-state index contributed by atoms with van der Waals surface area (Å²) >= 11 is 0. The minimum absolute atomic E-state index is 0.0260. The van der Waals surface area contributed by atoms with Crippen molar-refractivity contribution in [2.45, 2.75) is 12.8 Å². The van der Waals surface area contributed by atoms with E-state index in [0.29, 0.717) is 5.69 Å². The standard InChI is InChI=1S/C9H10FNO3/c1-14-9-7(10)4-2-6(11-9)3-5-8(12)13/h2,4H,3,5H2,1H3,(H,12,13). The second-order valence-electron chi connectivity index (χ2n) is 2.69. The van der Waals surface area contributed by atoms with Crippen LogP contribution in [0.5, 0.6) is 5.88 Å². The first kappa shape index (κ1) is 10.4. The van der Waals surface area contributed by atoms with Crippen LogP contribution in [0.4, 0.5) is 4.39 Å². The number of aliphatic carboxylic acids is 1. The Bertz CT molecular complexity index is 341. The van der Waals surface area contributed by atoms with Gasteiger partial charge < -0.3 is 9.84 Å². The molecule has 14 heavy (non-hydrogen) atoms. The monoisotopic (exact) mass is 199 g/mol. The fourth-order valence-electron chi connectivity index (χ4n) is 0.979. The summed E-state index contributed by atoms with van der Waals surface area (Å²) in [5, 5.41) is 8.42. The molecule has 0 aliphatic carbocycles. The highest BCUT2D eigenvalue weighted by atomic mass is 19.1. The summed E-state index contributed by atoms with van der Waals surface area (Å²) in [4.78, 5) is 14.1. The van der Waals surface area contributed by atoms with E-state index in [1.807, 2.05) is 0 Å². The zero-order valence-corrected chi connectivity index (χ0v) is 7.66. The highest BCUT2D eigenvalue weighted by Crippen LogP contribution is 2.14. The van der Waals surface area contributed by atoms with Gasteiger partial charge in [-0.3, -0.25) is 4.79 Å². The molecule has 0 aliphatic heterocycles. The van der Waals surface area contributed by atoms with E-state index in [9.17, 15) is 9.18 Å². The van der Waals surface area contributed by atoms with Crippen LogP contribution in [-0.4, -0.2) is 23.2 Å². The third-order valence-corrected chi connectivity index (χ3v) is 1.66. The number of pyridine rings is 1. The first-order valence-corrected chi connectivity index (χ1v) is 4.04. The highest BCUT2D eigenvalue weighted by Gasteiger charge is 2.06. The van der Waals surface area contributed by atoms with Crippen molar-refractivity contribution >= 4 is 5.97 Å². The second-order valence-corrected chi connectivity index (χ2v) is 2.69. The third-order valence-electron chi connectivity index (χ3n) is 1.66. The number of carbonyl (C=O) groups is 1. The number of rotatable bonds is 4. The molecule has 0 saturated heterocycles. The summed E-state index contributed by atoms with van der Waals surface area (Å²) in [6, 6.07) is 2.66. The number of hydrogen-bond donors (Lipinski definition) is 1. The maximum atomic E-state index is 12.9. The summed E-state index contributed by atoms with van der Waals surface area (Å²) in [5.41, 5.74) is 0.505. The predicted octanol–water partition coefficient (Wildman–Crippen LogP) is 1.25. The smallest absolute Gasteiger partial charge is 0.303 e. The summed E-state index contributed by atoms with van der Waals surface area (Å²) in [6.45, 7) is 0. The number of aryl methyl sites for hydroxylation is 1. The number of carboxylic acids is 1. The second kappa shape index (κ2) is 4.55. The Labute approximate surface area is 80.3 Å². The minimum Gasteiger partial charge on any atom is -0.481 e. The number of aromatic nitrogens is 1. The van der Waals surface area contributed by atoms with E-state index in [0.717, 1.165) is 0 Å². The fourth-order valence-corrected chi connectivity index (χ4v) is 0.979. The Morgan fingerprint density at radius 2 is 2.36 bits per heavy atom. The molecule has 5 heteroatoms. The van der Waals surface area contributed by atoms with Crippen molar-refractivity contribution in [3.8, 4) is 5.88 Å². The van der Waals surface area contributed by atoms with Gasteiger partial charge >= 0.3 is 5.97 Å². The van der Waals surface area contributed by atoms with Crippen molar-refractivity contribution in [2.75, 3.05) is 7.11 Å². The molecule has 1 aromatic rings. The molecule has 1 aromatic heterocycles. The molecule has 0 amide bonds. The molecule has 1 heterocycles. The highest BCUT2D eigenvalue weighted by molar-refractivity contribution is 5.66. The van der Waals surface area contributed by atoms with E-state index in [4.69, 9.17) is 5.11 Å². The van der Waals surface area contributed by atoms with E-state index in [2.05, 4.69) is 9.72 Å². The van der Waals surface area contributed by atoms with Gasteiger partial charge in [0.25, 0.3) is 0 Å². The lowest BCUT2D eigenvalue weighted by molar-refractivity contribution is -0.136. The van der Waals surface area contributed by atoms with Crippen molar-refractivity contribution in [2.24, 2.45) is 0 Å². The first-order valence-electron chi connectivity index (χ1n) is 4.04. The van der Waals surface area contributed by atoms with Gasteiger partial charge in [0.15, 0.2) is 5.82 Å². The molecule has 0 aromatic carbocycles. The van der Waals surface area contributed by atoms with Gasteiger partial charge in [0.1, 0.15) is 0 Å². The summed E-state index contributed by atoms with van der Waals surface area (Å²) in [7, 11) is 1.31. The Hall–Kier alpha value is -1.65. The normalized spacial score (nSPS) is 9.86. The number of halogens is 1. The lowest BCUT2D eigenvalue weighted by atomic mass is 10.2. The molecular formula is C9H10FNO3.